The molecule has 1 aliphatic carbocycles. The molecule has 0 bridgehead atoms. The fraction of sp³-hybridized carbons (Fsp3) is 0.692. The van der Waals surface area contributed by atoms with Crippen molar-refractivity contribution in [1.82, 2.24) is 9.62 Å². The Morgan fingerprint density at radius 1 is 1.35 bits per heavy atom. The summed E-state index contributed by atoms with van der Waals surface area (Å²) in [5, 5.41) is 1.78. The summed E-state index contributed by atoms with van der Waals surface area (Å²) in [6, 6.07) is 1.77. The standard InChI is InChI=1S/C13H21BrN2O2S2/c1-16(2)13(7-4-3-5-8-13)10-15-20(17,18)12-11(14)6-9-19-12/h6,9,15H,3-5,7-8,10H2,1-2H3. The highest BCUT2D eigenvalue weighted by Crippen LogP contribution is 2.33. The number of nitrogens with zero attached hydrogens (tertiary/aromatic N) is 1. The van der Waals surface area contributed by atoms with Crippen LogP contribution in [0.4, 0.5) is 0 Å². The Labute approximate surface area is 133 Å². The van der Waals surface area contributed by atoms with Crippen LogP contribution in [0.25, 0.3) is 0 Å². The second kappa shape index (κ2) is 6.44. The van der Waals surface area contributed by atoms with Crippen molar-refractivity contribution in [3.8, 4) is 0 Å². The first kappa shape index (κ1) is 16.4. The number of rotatable bonds is 5. The number of thiophene rings is 1. The Balaban J connectivity index is 2.12. The molecule has 1 fully saturated rings. The summed E-state index contributed by atoms with van der Waals surface area (Å²) in [5.41, 5.74) is -0.0466. The molecule has 2 rings (SSSR count). The van der Waals surface area contributed by atoms with Gasteiger partial charge >= 0.3 is 0 Å². The number of sulfonamides is 1. The van der Waals surface area contributed by atoms with Crippen molar-refractivity contribution in [3.05, 3.63) is 15.9 Å². The van der Waals surface area contributed by atoms with Gasteiger partial charge in [0.05, 0.1) is 0 Å². The molecule has 1 heterocycles. The van der Waals surface area contributed by atoms with Crippen molar-refractivity contribution in [2.45, 2.75) is 41.9 Å². The topological polar surface area (TPSA) is 49.4 Å². The van der Waals surface area contributed by atoms with Gasteiger partial charge in [0.15, 0.2) is 0 Å². The summed E-state index contributed by atoms with van der Waals surface area (Å²) in [5.74, 6) is 0. The van der Waals surface area contributed by atoms with Crippen molar-refractivity contribution in [2.75, 3.05) is 20.6 Å². The number of nitrogens with one attached hydrogen (secondary N) is 1. The molecule has 0 saturated heterocycles. The molecule has 1 N–H and O–H groups in total. The molecular weight excluding hydrogens is 360 g/mol. The van der Waals surface area contributed by atoms with Crippen LogP contribution in [0.15, 0.2) is 20.1 Å². The fourth-order valence-electron chi connectivity index (χ4n) is 2.76. The van der Waals surface area contributed by atoms with E-state index in [0.29, 0.717) is 15.2 Å². The maximum absolute atomic E-state index is 12.4. The molecule has 0 amide bonds. The Morgan fingerprint density at radius 3 is 2.50 bits per heavy atom. The first-order chi connectivity index (χ1) is 9.37. The average molecular weight is 381 g/mol. The van der Waals surface area contributed by atoms with Crippen LogP contribution in [-0.2, 0) is 10.0 Å². The molecule has 1 aromatic heterocycles. The molecule has 0 radical (unpaired) electrons. The van der Waals surface area contributed by atoms with Gasteiger partial charge in [-0.2, -0.15) is 0 Å². The molecule has 20 heavy (non-hydrogen) atoms. The molecule has 7 heteroatoms. The zero-order valence-corrected chi connectivity index (χ0v) is 15.1. The molecule has 1 aromatic rings. The van der Waals surface area contributed by atoms with Gasteiger partial charge in [0.2, 0.25) is 0 Å². The summed E-state index contributed by atoms with van der Waals surface area (Å²) in [6.07, 6.45) is 5.69. The van der Waals surface area contributed by atoms with Crippen LogP contribution in [-0.4, -0.2) is 39.5 Å². The van der Waals surface area contributed by atoms with E-state index in [9.17, 15) is 8.42 Å². The molecule has 0 atom stereocenters. The van der Waals surface area contributed by atoms with E-state index < -0.39 is 10.0 Å². The minimum Gasteiger partial charge on any atom is -0.302 e. The molecule has 0 unspecified atom stereocenters. The van der Waals surface area contributed by atoms with Gasteiger partial charge in [-0.05, 0) is 54.3 Å². The summed E-state index contributed by atoms with van der Waals surface area (Å²) in [4.78, 5) is 2.18. The van der Waals surface area contributed by atoms with E-state index in [2.05, 4.69) is 25.6 Å². The zero-order valence-electron chi connectivity index (χ0n) is 11.9. The van der Waals surface area contributed by atoms with Crippen LogP contribution in [0.1, 0.15) is 32.1 Å². The van der Waals surface area contributed by atoms with E-state index in [0.717, 1.165) is 12.8 Å². The molecule has 0 spiro atoms. The summed E-state index contributed by atoms with van der Waals surface area (Å²) in [7, 11) is 0.661. The summed E-state index contributed by atoms with van der Waals surface area (Å²) >= 11 is 4.53. The van der Waals surface area contributed by atoms with E-state index >= 15 is 0 Å². The van der Waals surface area contributed by atoms with Crippen LogP contribution in [0, 0.1) is 0 Å². The van der Waals surface area contributed by atoms with E-state index in [4.69, 9.17) is 0 Å². The molecule has 1 saturated carbocycles. The predicted octanol–water partition coefficient (Wildman–Crippen LogP) is 3.05. The van der Waals surface area contributed by atoms with E-state index in [-0.39, 0.29) is 5.54 Å². The van der Waals surface area contributed by atoms with E-state index in [1.54, 1.807) is 11.4 Å². The highest BCUT2D eigenvalue weighted by atomic mass is 79.9. The first-order valence-electron chi connectivity index (χ1n) is 6.77. The third-order valence-corrected chi connectivity index (χ3v) is 8.22. The third kappa shape index (κ3) is 3.44. The maximum atomic E-state index is 12.4. The van der Waals surface area contributed by atoms with Gasteiger partial charge in [0.1, 0.15) is 4.21 Å². The number of likely N-dealkylation sites (N-methyl/N-ethyl adjacent to an activating group) is 1. The molecule has 0 aromatic carbocycles. The Morgan fingerprint density at radius 2 is 2.00 bits per heavy atom. The quantitative estimate of drug-likeness (QED) is 0.853. The van der Waals surface area contributed by atoms with Crippen molar-refractivity contribution >= 4 is 37.3 Å². The Kier molecular flexibility index (Phi) is 5.29. The van der Waals surface area contributed by atoms with Gasteiger partial charge in [-0.15, -0.1) is 11.3 Å². The molecule has 114 valence electrons. The lowest BCUT2D eigenvalue weighted by molar-refractivity contribution is 0.105. The van der Waals surface area contributed by atoms with Crippen molar-refractivity contribution in [3.63, 3.8) is 0 Å². The van der Waals surface area contributed by atoms with Gasteiger partial charge in [-0.1, -0.05) is 19.3 Å². The fourth-order valence-corrected chi connectivity index (χ4v) is 6.26. The SMILES string of the molecule is CN(C)C1(CNS(=O)(=O)c2sccc2Br)CCCCC1. The summed E-state index contributed by atoms with van der Waals surface area (Å²) < 4.78 is 28.5. The molecule has 1 aliphatic rings. The highest BCUT2D eigenvalue weighted by molar-refractivity contribution is 9.10. The van der Waals surface area contributed by atoms with Gasteiger partial charge in [-0.25, -0.2) is 13.1 Å². The largest absolute Gasteiger partial charge is 0.302 e. The number of halogens is 1. The van der Waals surface area contributed by atoms with Crippen molar-refractivity contribution < 1.29 is 8.42 Å². The van der Waals surface area contributed by atoms with Gasteiger partial charge in [-0.3, -0.25) is 0 Å². The van der Waals surface area contributed by atoms with Gasteiger partial charge in [0.25, 0.3) is 10.0 Å². The van der Waals surface area contributed by atoms with Crippen molar-refractivity contribution in [2.24, 2.45) is 0 Å². The molecular formula is C13H21BrN2O2S2. The number of hydrogen-bond donors (Lipinski definition) is 1. The predicted molar refractivity (Wildman–Crippen MR) is 86.7 cm³/mol. The Hall–Kier alpha value is 0.0500. The normalized spacial score (nSPS) is 19.4. The Bertz CT molecular complexity index is 548. The van der Waals surface area contributed by atoms with Crippen LogP contribution < -0.4 is 4.72 Å². The minimum absolute atomic E-state index is 0.0466. The zero-order chi connectivity index (χ0) is 14.8. The van der Waals surface area contributed by atoms with Crippen LogP contribution in [0.3, 0.4) is 0 Å². The van der Waals surface area contributed by atoms with Crippen LogP contribution in [0.2, 0.25) is 0 Å². The second-order valence-electron chi connectivity index (χ2n) is 5.56. The maximum Gasteiger partial charge on any atom is 0.251 e. The van der Waals surface area contributed by atoms with Crippen LogP contribution >= 0.6 is 27.3 Å². The average Bonchev–Trinajstić information content (AvgIpc) is 2.85. The van der Waals surface area contributed by atoms with Crippen molar-refractivity contribution in [1.29, 1.82) is 0 Å². The second-order valence-corrected chi connectivity index (χ2v) is 9.29. The van der Waals surface area contributed by atoms with Crippen LogP contribution in [0.5, 0.6) is 0 Å². The monoisotopic (exact) mass is 380 g/mol. The lowest BCUT2D eigenvalue weighted by Gasteiger charge is -2.43. The van der Waals surface area contributed by atoms with E-state index in [1.165, 1.54) is 30.6 Å². The number of hydrogen-bond acceptors (Lipinski definition) is 4. The molecule has 0 aliphatic heterocycles. The van der Waals surface area contributed by atoms with Gasteiger partial charge in [0, 0.05) is 16.6 Å². The summed E-state index contributed by atoms with van der Waals surface area (Å²) in [6.45, 7) is 0.479. The lowest BCUT2D eigenvalue weighted by Crippen LogP contribution is -2.53. The third-order valence-electron chi connectivity index (χ3n) is 4.15. The highest BCUT2D eigenvalue weighted by Gasteiger charge is 2.35. The first-order valence-corrected chi connectivity index (χ1v) is 9.93. The van der Waals surface area contributed by atoms with E-state index in [1.807, 2.05) is 14.1 Å². The lowest BCUT2D eigenvalue weighted by atomic mass is 9.81. The van der Waals surface area contributed by atoms with Gasteiger partial charge < -0.3 is 4.90 Å². The molecule has 4 nitrogen and oxygen atoms in total. The smallest absolute Gasteiger partial charge is 0.251 e. The minimum atomic E-state index is -3.42.